The fourth-order valence-corrected chi connectivity index (χ4v) is 4.52. The van der Waals surface area contributed by atoms with E-state index in [0.29, 0.717) is 43.5 Å². The summed E-state index contributed by atoms with van der Waals surface area (Å²) in [5, 5.41) is 8.96. The monoisotopic (exact) mass is 434 g/mol. The molecule has 3 aromatic heterocycles. The van der Waals surface area contributed by atoms with Crippen molar-refractivity contribution in [3.63, 3.8) is 0 Å². The maximum Gasteiger partial charge on any atom is 0.261 e. The molecule has 1 atom stereocenters. The highest BCUT2D eigenvalue weighted by atomic mass is 16.6. The van der Waals surface area contributed by atoms with Crippen LogP contribution in [0.15, 0.2) is 35.2 Å². The lowest BCUT2D eigenvalue weighted by Crippen LogP contribution is -2.29. The van der Waals surface area contributed by atoms with Gasteiger partial charge in [-0.05, 0) is 18.2 Å². The van der Waals surface area contributed by atoms with Crippen molar-refractivity contribution in [2.45, 2.75) is 18.4 Å². The Morgan fingerprint density at radius 3 is 2.88 bits per heavy atom. The van der Waals surface area contributed by atoms with Crippen molar-refractivity contribution in [3.05, 3.63) is 47.9 Å². The molecule has 1 saturated heterocycles. The van der Waals surface area contributed by atoms with Crippen LogP contribution in [0.25, 0.3) is 28.5 Å². The Hall–Kier alpha value is -3.50. The third kappa shape index (κ3) is 2.73. The van der Waals surface area contributed by atoms with Crippen LogP contribution in [0.4, 0.5) is 0 Å². The van der Waals surface area contributed by atoms with Crippen molar-refractivity contribution in [2.75, 3.05) is 27.4 Å². The topological polar surface area (TPSA) is 102 Å². The first-order chi connectivity index (χ1) is 15.6. The minimum absolute atomic E-state index is 0.390. The molecule has 1 unspecified atom stereocenters. The average Bonchev–Trinajstić information content (AvgIpc) is 3.59. The van der Waals surface area contributed by atoms with E-state index in [-0.39, 0.29) is 0 Å². The van der Waals surface area contributed by atoms with Gasteiger partial charge in [0.1, 0.15) is 17.8 Å². The third-order valence-corrected chi connectivity index (χ3v) is 6.25. The normalized spacial score (nSPS) is 19.3. The number of benzene rings is 1. The van der Waals surface area contributed by atoms with Crippen LogP contribution in [0.1, 0.15) is 23.6 Å². The number of aromatic nitrogens is 6. The standard InChI is InChI=1S/C22H22N6O4/c1-27-10-13-8-17-19(20-24-21(32-26-20)22(30-3)6-7-31-11-22)23-12-28(17)16-5-4-14(29-2)9-15(16)18(13)25-27/h4-5,9-10,12H,6-8,11H2,1-3H3. The molecule has 32 heavy (non-hydrogen) atoms. The smallest absolute Gasteiger partial charge is 0.261 e. The van der Waals surface area contributed by atoms with Crippen molar-refractivity contribution in [1.29, 1.82) is 0 Å². The zero-order valence-corrected chi connectivity index (χ0v) is 18.0. The molecule has 0 aliphatic carbocycles. The Kier molecular flexibility index (Phi) is 4.21. The van der Waals surface area contributed by atoms with Gasteiger partial charge in [-0.3, -0.25) is 4.68 Å². The van der Waals surface area contributed by atoms with Crippen molar-refractivity contribution >= 4 is 0 Å². The number of imidazole rings is 1. The first kappa shape index (κ1) is 19.2. The third-order valence-electron chi connectivity index (χ3n) is 6.25. The predicted molar refractivity (Wildman–Crippen MR) is 113 cm³/mol. The molecular weight excluding hydrogens is 412 g/mol. The van der Waals surface area contributed by atoms with Gasteiger partial charge in [0.15, 0.2) is 5.60 Å². The van der Waals surface area contributed by atoms with Gasteiger partial charge < -0.3 is 23.3 Å². The second-order valence-corrected chi connectivity index (χ2v) is 8.07. The van der Waals surface area contributed by atoms with Crippen LogP contribution in [0.3, 0.4) is 0 Å². The SMILES string of the molecule is COc1ccc2c(c1)-c1nn(C)cc1Cc1c(-c3noc(C4(OC)CCOC4)n3)ncn1-2. The van der Waals surface area contributed by atoms with E-state index in [1.165, 1.54) is 0 Å². The number of rotatable bonds is 4. The van der Waals surface area contributed by atoms with Gasteiger partial charge in [0, 0.05) is 44.3 Å². The number of hydrogen-bond acceptors (Lipinski definition) is 8. The maximum atomic E-state index is 5.70. The summed E-state index contributed by atoms with van der Waals surface area (Å²) in [6, 6.07) is 5.96. The summed E-state index contributed by atoms with van der Waals surface area (Å²) >= 11 is 0. The molecule has 0 radical (unpaired) electrons. The van der Waals surface area contributed by atoms with Crippen LogP contribution in [0.5, 0.6) is 5.75 Å². The number of ether oxygens (including phenoxy) is 3. The molecule has 4 aromatic rings. The minimum atomic E-state index is -0.707. The summed E-state index contributed by atoms with van der Waals surface area (Å²) < 4.78 is 26.2. The molecule has 10 nitrogen and oxygen atoms in total. The molecular formula is C22H22N6O4. The van der Waals surface area contributed by atoms with Crippen molar-refractivity contribution in [1.82, 2.24) is 29.5 Å². The van der Waals surface area contributed by atoms with Gasteiger partial charge in [0.2, 0.25) is 5.82 Å². The minimum Gasteiger partial charge on any atom is -0.497 e. The van der Waals surface area contributed by atoms with Gasteiger partial charge >= 0.3 is 0 Å². The lowest BCUT2D eigenvalue weighted by molar-refractivity contribution is -0.0442. The Morgan fingerprint density at radius 2 is 2.09 bits per heavy atom. The lowest BCUT2D eigenvalue weighted by atomic mass is 10.0. The van der Waals surface area contributed by atoms with Crippen molar-refractivity contribution in [2.24, 2.45) is 7.05 Å². The highest BCUT2D eigenvalue weighted by molar-refractivity contribution is 5.77. The van der Waals surface area contributed by atoms with Crippen LogP contribution in [-0.4, -0.2) is 56.9 Å². The van der Waals surface area contributed by atoms with Gasteiger partial charge in [-0.2, -0.15) is 10.1 Å². The maximum absolute atomic E-state index is 5.70. The van der Waals surface area contributed by atoms with Gasteiger partial charge in [0.25, 0.3) is 5.89 Å². The molecule has 0 saturated carbocycles. The summed E-state index contributed by atoms with van der Waals surface area (Å²) in [6.07, 6.45) is 5.11. The number of hydrogen-bond donors (Lipinski definition) is 0. The number of fused-ring (bicyclic) bond motifs is 5. The van der Waals surface area contributed by atoms with Gasteiger partial charge in [-0.15, -0.1) is 0 Å². The Morgan fingerprint density at radius 1 is 1.19 bits per heavy atom. The number of methoxy groups -OCH3 is 2. The van der Waals surface area contributed by atoms with E-state index in [4.69, 9.17) is 23.8 Å². The summed E-state index contributed by atoms with van der Waals surface area (Å²) in [5.74, 6) is 1.62. The average molecular weight is 434 g/mol. The van der Waals surface area contributed by atoms with E-state index in [2.05, 4.69) is 19.7 Å². The van der Waals surface area contributed by atoms with E-state index >= 15 is 0 Å². The van der Waals surface area contributed by atoms with Gasteiger partial charge in [-0.25, -0.2) is 4.98 Å². The molecule has 2 aliphatic rings. The molecule has 0 spiro atoms. The van der Waals surface area contributed by atoms with E-state index in [0.717, 1.165) is 34.0 Å². The van der Waals surface area contributed by atoms with E-state index in [1.807, 2.05) is 36.1 Å². The summed E-state index contributed by atoms with van der Waals surface area (Å²) in [4.78, 5) is 9.33. The molecule has 5 heterocycles. The Bertz CT molecular complexity index is 1310. The van der Waals surface area contributed by atoms with Gasteiger partial charge in [0.05, 0.1) is 37.4 Å². The second kappa shape index (κ2) is 7.01. The van der Waals surface area contributed by atoms with Crippen LogP contribution < -0.4 is 4.74 Å². The molecule has 2 aliphatic heterocycles. The molecule has 0 amide bonds. The van der Waals surface area contributed by atoms with Crippen LogP contribution in [0, 0.1) is 0 Å². The molecule has 164 valence electrons. The molecule has 1 fully saturated rings. The van der Waals surface area contributed by atoms with Gasteiger partial charge in [-0.1, -0.05) is 5.16 Å². The molecule has 0 bridgehead atoms. The second-order valence-electron chi connectivity index (χ2n) is 8.07. The molecule has 10 heteroatoms. The van der Waals surface area contributed by atoms with Crippen molar-refractivity contribution in [3.8, 4) is 34.2 Å². The predicted octanol–water partition coefficient (Wildman–Crippen LogP) is 2.50. The van der Waals surface area contributed by atoms with Crippen LogP contribution in [-0.2, 0) is 28.5 Å². The van der Waals surface area contributed by atoms with Crippen molar-refractivity contribution < 1.29 is 18.7 Å². The van der Waals surface area contributed by atoms with E-state index < -0.39 is 5.60 Å². The first-order valence-electron chi connectivity index (χ1n) is 10.4. The fourth-order valence-electron chi connectivity index (χ4n) is 4.52. The highest BCUT2D eigenvalue weighted by Crippen LogP contribution is 2.39. The number of nitrogens with zero attached hydrogens (tertiary/aromatic N) is 6. The molecule has 6 rings (SSSR count). The van der Waals surface area contributed by atoms with Crippen LogP contribution >= 0.6 is 0 Å². The van der Waals surface area contributed by atoms with E-state index in [1.54, 1.807) is 20.5 Å². The first-order valence-corrected chi connectivity index (χ1v) is 10.4. The highest BCUT2D eigenvalue weighted by Gasteiger charge is 2.43. The quantitative estimate of drug-likeness (QED) is 0.425. The summed E-state index contributed by atoms with van der Waals surface area (Å²) in [5.41, 5.74) is 4.89. The Labute approximate surface area is 183 Å². The zero-order valence-electron chi connectivity index (χ0n) is 18.0. The lowest BCUT2D eigenvalue weighted by Gasteiger charge is -2.20. The van der Waals surface area contributed by atoms with E-state index in [9.17, 15) is 0 Å². The number of aryl methyl sites for hydroxylation is 1. The molecule has 0 N–H and O–H groups in total. The fraction of sp³-hybridized carbons (Fsp3) is 0.364. The summed E-state index contributed by atoms with van der Waals surface area (Å²) in [6.45, 7) is 0.982. The van der Waals surface area contributed by atoms with Crippen LogP contribution in [0.2, 0.25) is 0 Å². The largest absolute Gasteiger partial charge is 0.497 e. The zero-order chi connectivity index (χ0) is 21.9. The Balaban J connectivity index is 1.50. The molecule has 1 aromatic carbocycles. The summed E-state index contributed by atoms with van der Waals surface area (Å²) in [7, 11) is 5.22.